The van der Waals surface area contributed by atoms with Crippen LogP contribution in [-0.2, 0) is 19.5 Å². The Labute approximate surface area is 163 Å². The van der Waals surface area contributed by atoms with E-state index < -0.39 is 0 Å². The first kappa shape index (κ1) is 17.6. The van der Waals surface area contributed by atoms with Crippen molar-refractivity contribution in [2.45, 2.75) is 64.5 Å². The lowest BCUT2D eigenvalue weighted by Gasteiger charge is -2.28. The molecule has 28 heavy (non-hydrogen) atoms. The van der Waals surface area contributed by atoms with E-state index in [9.17, 15) is 4.79 Å². The van der Waals surface area contributed by atoms with Crippen LogP contribution in [0, 0.1) is 6.92 Å². The van der Waals surface area contributed by atoms with Crippen LogP contribution in [0.5, 0.6) is 0 Å². The van der Waals surface area contributed by atoms with Crippen LogP contribution in [0.1, 0.15) is 66.5 Å². The van der Waals surface area contributed by atoms with Crippen molar-refractivity contribution < 1.29 is 0 Å². The summed E-state index contributed by atoms with van der Waals surface area (Å²) < 4.78 is 2.04. The first-order chi connectivity index (χ1) is 13.7. The van der Waals surface area contributed by atoms with E-state index in [-0.39, 0.29) is 5.56 Å². The Morgan fingerprint density at radius 3 is 2.93 bits per heavy atom. The van der Waals surface area contributed by atoms with Crippen LogP contribution in [0.15, 0.2) is 23.3 Å². The molecule has 0 bridgehead atoms. The maximum absolute atomic E-state index is 12.8. The van der Waals surface area contributed by atoms with Crippen molar-refractivity contribution in [3.05, 3.63) is 57.3 Å². The summed E-state index contributed by atoms with van der Waals surface area (Å²) in [5, 5.41) is 0. The average molecular weight is 378 g/mol. The van der Waals surface area contributed by atoms with Crippen molar-refractivity contribution in [2.75, 3.05) is 6.54 Å². The van der Waals surface area contributed by atoms with Gasteiger partial charge in [0.1, 0.15) is 5.82 Å². The largest absolute Gasteiger partial charge is 0.310 e. The van der Waals surface area contributed by atoms with Crippen LogP contribution in [0.3, 0.4) is 0 Å². The number of imidazole rings is 1. The maximum atomic E-state index is 12.8. The Bertz CT molecular complexity index is 1060. The second-order valence-electron chi connectivity index (χ2n) is 8.11. The summed E-state index contributed by atoms with van der Waals surface area (Å²) >= 11 is 0. The Hall–Kier alpha value is -2.54. The van der Waals surface area contributed by atoms with Crippen molar-refractivity contribution in [3.63, 3.8) is 0 Å². The minimum absolute atomic E-state index is 0.0480. The lowest BCUT2D eigenvalue weighted by atomic mass is 9.88. The number of nitrogens with one attached hydrogen (secondary N) is 1. The van der Waals surface area contributed by atoms with Gasteiger partial charge in [0, 0.05) is 44.4 Å². The van der Waals surface area contributed by atoms with Crippen LogP contribution in [0.25, 0.3) is 5.78 Å². The first-order valence-corrected chi connectivity index (χ1v) is 10.3. The fourth-order valence-corrected chi connectivity index (χ4v) is 4.65. The van der Waals surface area contributed by atoms with Crippen LogP contribution in [-0.4, -0.2) is 35.8 Å². The predicted molar refractivity (Wildman–Crippen MR) is 106 cm³/mol. The molecule has 7 heteroatoms. The second-order valence-corrected chi connectivity index (χ2v) is 8.11. The van der Waals surface area contributed by atoms with Crippen molar-refractivity contribution in [2.24, 2.45) is 0 Å². The smallest absolute Gasteiger partial charge is 0.255 e. The van der Waals surface area contributed by atoms with Gasteiger partial charge in [0.25, 0.3) is 5.56 Å². The van der Waals surface area contributed by atoms with Gasteiger partial charge in [0.15, 0.2) is 0 Å². The third kappa shape index (κ3) is 3.13. The third-order valence-corrected chi connectivity index (χ3v) is 6.23. The normalized spacial score (nSPS) is 18.5. The molecular formula is C21H26N6O. The third-order valence-electron chi connectivity index (χ3n) is 6.23. The van der Waals surface area contributed by atoms with E-state index in [2.05, 4.69) is 19.9 Å². The molecule has 146 valence electrons. The van der Waals surface area contributed by atoms with Crippen molar-refractivity contribution in [1.29, 1.82) is 0 Å². The highest BCUT2D eigenvalue weighted by atomic mass is 16.1. The molecule has 1 saturated carbocycles. The van der Waals surface area contributed by atoms with Crippen LogP contribution < -0.4 is 5.56 Å². The summed E-state index contributed by atoms with van der Waals surface area (Å²) in [5.74, 6) is 2.07. The molecule has 0 atom stereocenters. The van der Waals surface area contributed by atoms with Gasteiger partial charge in [0.05, 0.1) is 22.6 Å². The molecule has 0 radical (unpaired) electrons. The van der Waals surface area contributed by atoms with E-state index in [1.807, 2.05) is 23.6 Å². The number of nitrogens with zero attached hydrogens (tertiary/aromatic N) is 5. The molecule has 1 aliphatic heterocycles. The summed E-state index contributed by atoms with van der Waals surface area (Å²) in [7, 11) is 0. The molecule has 0 unspecified atom stereocenters. The summed E-state index contributed by atoms with van der Waals surface area (Å²) in [6.07, 6.45) is 10.7. The average Bonchev–Trinajstić information content (AvgIpc) is 3.04. The highest BCUT2D eigenvalue weighted by Crippen LogP contribution is 2.31. The Morgan fingerprint density at radius 1 is 1.21 bits per heavy atom. The first-order valence-electron chi connectivity index (χ1n) is 10.3. The zero-order valence-corrected chi connectivity index (χ0v) is 16.3. The zero-order valence-electron chi connectivity index (χ0n) is 16.3. The monoisotopic (exact) mass is 378 g/mol. The predicted octanol–water partition coefficient (Wildman–Crippen LogP) is 2.73. The van der Waals surface area contributed by atoms with E-state index in [1.54, 1.807) is 6.20 Å². The molecular weight excluding hydrogens is 352 g/mol. The van der Waals surface area contributed by atoms with Gasteiger partial charge in [-0.2, -0.15) is 0 Å². The molecule has 1 fully saturated rings. The molecule has 0 spiro atoms. The van der Waals surface area contributed by atoms with Crippen LogP contribution >= 0.6 is 0 Å². The fourth-order valence-electron chi connectivity index (χ4n) is 4.65. The Kier molecular flexibility index (Phi) is 4.47. The summed E-state index contributed by atoms with van der Waals surface area (Å²) in [6, 6.07) is 1.92. The molecule has 0 amide bonds. The van der Waals surface area contributed by atoms with E-state index in [0.29, 0.717) is 12.5 Å². The molecule has 3 aromatic rings. The summed E-state index contributed by atoms with van der Waals surface area (Å²) in [5.41, 5.74) is 4.00. The van der Waals surface area contributed by atoms with Gasteiger partial charge in [0.2, 0.25) is 5.78 Å². The van der Waals surface area contributed by atoms with Crippen molar-refractivity contribution in [1.82, 2.24) is 29.2 Å². The van der Waals surface area contributed by atoms with Crippen LogP contribution in [0.4, 0.5) is 0 Å². The topological polar surface area (TPSA) is 79.2 Å². The van der Waals surface area contributed by atoms with Crippen LogP contribution in [0.2, 0.25) is 0 Å². The van der Waals surface area contributed by atoms with Gasteiger partial charge >= 0.3 is 0 Å². The van der Waals surface area contributed by atoms with Gasteiger partial charge in [-0.25, -0.2) is 15.0 Å². The van der Waals surface area contributed by atoms with E-state index >= 15 is 0 Å². The molecule has 1 aliphatic carbocycles. The molecule has 2 aliphatic rings. The molecule has 0 aromatic carbocycles. The standard InChI is InChI=1S/C21H26N6O/c1-14-18(27-10-5-9-22-21(27)23-14)13-26-11-8-17-16(12-26)20(28)25-19(24-17)15-6-3-2-4-7-15/h5,9-10,15H,2-4,6-8,11-13H2,1H3,(H,24,25,28). The van der Waals surface area contributed by atoms with Gasteiger partial charge in [-0.3, -0.25) is 14.1 Å². The summed E-state index contributed by atoms with van der Waals surface area (Å²) in [6.45, 7) is 4.31. The van der Waals surface area contributed by atoms with E-state index in [0.717, 1.165) is 66.6 Å². The molecule has 1 N–H and O–H groups in total. The zero-order chi connectivity index (χ0) is 19.1. The minimum Gasteiger partial charge on any atom is -0.310 e. The molecule has 7 nitrogen and oxygen atoms in total. The van der Waals surface area contributed by atoms with Crippen molar-refractivity contribution in [3.8, 4) is 0 Å². The minimum atomic E-state index is 0.0480. The SMILES string of the molecule is Cc1nc2ncccn2c1CN1CCc2nc(C3CCCCC3)[nH]c(=O)c2C1. The molecule has 5 rings (SSSR count). The quantitative estimate of drug-likeness (QED) is 0.758. The van der Waals surface area contributed by atoms with Gasteiger partial charge < -0.3 is 4.98 Å². The number of aryl methyl sites for hydroxylation is 1. The van der Waals surface area contributed by atoms with Gasteiger partial charge in [-0.1, -0.05) is 19.3 Å². The number of aromatic nitrogens is 5. The highest BCUT2D eigenvalue weighted by Gasteiger charge is 2.25. The van der Waals surface area contributed by atoms with Gasteiger partial charge in [-0.05, 0) is 25.8 Å². The number of hydrogen-bond donors (Lipinski definition) is 1. The lowest BCUT2D eigenvalue weighted by Crippen LogP contribution is -2.36. The lowest BCUT2D eigenvalue weighted by molar-refractivity contribution is 0.237. The molecule has 4 heterocycles. The van der Waals surface area contributed by atoms with Crippen molar-refractivity contribution >= 4 is 5.78 Å². The second kappa shape index (κ2) is 7.13. The maximum Gasteiger partial charge on any atom is 0.255 e. The van der Waals surface area contributed by atoms with E-state index in [1.165, 1.54) is 19.3 Å². The Morgan fingerprint density at radius 2 is 2.07 bits per heavy atom. The summed E-state index contributed by atoms with van der Waals surface area (Å²) in [4.78, 5) is 32.0. The molecule has 0 saturated heterocycles. The highest BCUT2D eigenvalue weighted by molar-refractivity contribution is 5.35. The Balaban J connectivity index is 1.39. The van der Waals surface area contributed by atoms with E-state index in [4.69, 9.17) is 4.98 Å². The van der Waals surface area contributed by atoms with Gasteiger partial charge in [-0.15, -0.1) is 0 Å². The number of rotatable bonds is 3. The number of fused-ring (bicyclic) bond motifs is 2. The fraction of sp³-hybridized carbons (Fsp3) is 0.524. The number of hydrogen-bond acceptors (Lipinski definition) is 5. The molecule has 3 aromatic heterocycles. The number of H-pyrrole nitrogens is 1. The number of aromatic amines is 1.